The van der Waals surface area contributed by atoms with Gasteiger partial charge in [-0.25, -0.2) is 0 Å². The maximum Gasteiger partial charge on any atom is 0.325 e. The number of carboxylic acids is 1. The Morgan fingerprint density at radius 2 is 1.89 bits per heavy atom. The molecule has 0 fully saturated rings. The van der Waals surface area contributed by atoms with E-state index in [0.717, 1.165) is 5.56 Å². The van der Waals surface area contributed by atoms with Crippen molar-refractivity contribution in [3.63, 3.8) is 0 Å². The molecule has 0 amide bonds. The zero-order valence-corrected chi connectivity index (χ0v) is 11.1. The molecule has 1 aromatic rings. The number of hydrogen-bond donors (Lipinski definition) is 2. The highest BCUT2D eigenvalue weighted by Gasteiger charge is 2.26. The van der Waals surface area contributed by atoms with Gasteiger partial charge in [-0.15, -0.1) is 0 Å². The van der Waals surface area contributed by atoms with Crippen molar-refractivity contribution in [3.05, 3.63) is 23.3 Å². The van der Waals surface area contributed by atoms with E-state index in [-0.39, 0.29) is 5.92 Å². The van der Waals surface area contributed by atoms with Crippen LogP contribution in [0.25, 0.3) is 0 Å². The van der Waals surface area contributed by atoms with Crippen molar-refractivity contribution in [1.82, 2.24) is 0 Å². The van der Waals surface area contributed by atoms with Gasteiger partial charge in [0.25, 0.3) is 0 Å². The molecule has 0 saturated heterocycles. The number of methoxy groups -OCH3 is 2. The number of carboxylic acid groups (broad SMARTS) is 1. The molecule has 0 aliphatic carbocycles. The number of nitrogens with two attached hydrogens (primary N) is 1. The van der Waals surface area contributed by atoms with Crippen molar-refractivity contribution in [3.8, 4) is 11.5 Å². The third kappa shape index (κ3) is 2.56. The highest BCUT2D eigenvalue weighted by Crippen LogP contribution is 2.39. The predicted octanol–water partition coefficient (Wildman–Crippen LogP) is 1.91. The summed E-state index contributed by atoms with van der Waals surface area (Å²) in [5.41, 5.74) is 7.06. The normalized spacial score (nSPS) is 12.3. The topological polar surface area (TPSA) is 81.8 Å². The lowest BCUT2D eigenvalue weighted by atomic mass is 9.91. The molecule has 1 unspecified atom stereocenters. The Morgan fingerprint density at radius 3 is 2.28 bits per heavy atom. The maximum absolute atomic E-state index is 11.1. The summed E-state index contributed by atoms with van der Waals surface area (Å²) in [6, 6.07) is 2.45. The molecule has 0 radical (unpaired) electrons. The number of rotatable bonds is 5. The fourth-order valence-corrected chi connectivity index (χ4v) is 1.91. The zero-order chi connectivity index (χ0) is 13.9. The SMILES string of the molecule is COc1ccc(C(C)C)c(C(N)C(=O)O)c1OC. The van der Waals surface area contributed by atoms with E-state index in [1.165, 1.54) is 14.2 Å². The first-order chi connectivity index (χ1) is 8.43. The van der Waals surface area contributed by atoms with Crippen molar-refractivity contribution in [2.45, 2.75) is 25.8 Å². The zero-order valence-electron chi connectivity index (χ0n) is 11.1. The van der Waals surface area contributed by atoms with Crippen LogP contribution in [0.5, 0.6) is 11.5 Å². The van der Waals surface area contributed by atoms with Gasteiger partial charge in [0, 0.05) is 5.56 Å². The number of ether oxygens (including phenoxy) is 2. The van der Waals surface area contributed by atoms with Crippen molar-refractivity contribution in [2.75, 3.05) is 14.2 Å². The van der Waals surface area contributed by atoms with Gasteiger partial charge in [-0.1, -0.05) is 19.9 Å². The summed E-state index contributed by atoms with van der Waals surface area (Å²) < 4.78 is 10.4. The molecule has 0 aliphatic heterocycles. The van der Waals surface area contributed by atoms with Crippen molar-refractivity contribution in [2.24, 2.45) is 5.73 Å². The van der Waals surface area contributed by atoms with E-state index in [1.807, 2.05) is 19.9 Å². The van der Waals surface area contributed by atoms with Crippen molar-refractivity contribution < 1.29 is 19.4 Å². The molecule has 3 N–H and O–H groups in total. The quantitative estimate of drug-likeness (QED) is 0.837. The van der Waals surface area contributed by atoms with E-state index < -0.39 is 12.0 Å². The minimum absolute atomic E-state index is 0.144. The molecule has 0 saturated carbocycles. The van der Waals surface area contributed by atoms with Gasteiger partial charge in [0.1, 0.15) is 6.04 Å². The van der Waals surface area contributed by atoms with E-state index in [9.17, 15) is 4.79 Å². The number of aliphatic carboxylic acids is 1. The lowest BCUT2D eigenvalue weighted by molar-refractivity contribution is -0.138. The van der Waals surface area contributed by atoms with E-state index in [1.54, 1.807) is 6.07 Å². The van der Waals surface area contributed by atoms with Crippen LogP contribution >= 0.6 is 0 Å². The van der Waals surface area contributed by atoms with Gasteiger partial charge in [0.15, 0.2) is 11.5 Å². The molecule has 0 aliphatic rings. The van der Waals surface area contributed by atoms with Crippen LogP contribution in [0.1, 0.15) is 36.9 Å². The first-order valence-corrected chi connectivity index (χ1v) is 5.67. The smallest absolute Gasteiger partial charge is 0.325 e. The number of hydrogen-bond acceptors (Lipinski definition) is 4. The standard InChI is InChI=1S/C13H19NO4/c1-7(2)8-5-6-9(17-3)12(18-4)10(8)11(14)13(15)16/h5-7,11H,14H2,1-4H3,(H,15,16). The Hall–Kier alpha value is -1.75. The van der Waals surface area contributed by atoms with E-state index >= 15 is 0 Å². The van der Waals surface area contributed by atoms with Gasteiger partial charge in [0.05, 0.1) is 14.2 Å². The van der Waals surface area contributed by atoms with Gasteiger partial charge >= 0.3 is 5.97 Å². The van der Waals surface area contributed by atoms with E-state index in [0.29, 0.717) is 17.1 Å². The lowest BCUT2D eigenvalue weighted by Gasteiger charge is -2.21. The van der Waals surface area contributed by atoms with Crippen LogP contribution in [0.15, 0.2) is 12.1 Å². The third-order valence-electron chi connectivity index (χ3n) is 2.82. The first kappa shape index (κ1) is 14.3. The van der Waals surface area contributed by atoms with Crippen LogP contribution in [-0.2, 0) is 4.79 Å². The van der Waals surface area contributed by atoms with Crippen LogP contribution in [0, 0.1) is 0 Å². The van der Waals surface area contributed by atoms with Crippen LogP contribution in [0.3, 0.4) is 0 Å². The van der Waals surface area contributed by atoms with Crippen LogP contribution in [0.2, 0.25) is 0 Å². The molecule has 0 aromatic heterocycles. The van der Waals surface area contributed by atoms with Gasteiger partial charge in [-0.2, -0.15) is 0 Å². The second-order valence-electron chi connectivity index (χ2n) is 4.27. The van der Waals surface area contributed by atoms with E-state index in [2.05, 4.69) is 0 Å². The molecule has 1 rings (SSSR count). The fourth-order valence-electron chi connectivity index (χ4n) is 1.91. The Morgan fingerprint density at radius 1 is 1.28 bits per heavy atom. The Balaban J connectivity index is 3.52. The Kier molecular flexibility index (Phi) is 4.55. The molecule has 0 heterocycles. The molecule has 100 valence electrons. The van der Waals surface area contributed by atoms with Gasteiger partial charge in [-0.05, 0) is 17.5 Å². The third-order valence-corrected chi connectivity index (χ3v) is 2.82. The van der Waals surface area contributed by atoms with Crippen LogP contribution in [0.4, 0.5) is 0 Å². The first-order valence-electron chi connectivity index (χ1n) is 5.67. The largest absolute Gasteiger partial charge is 0.493 e. The highest BCUT2D eigenvalue weighted by molar-refractivity contribution is 5.78. The second kappa shape index (κ2) is 5.73. The van der Waals surface area contributed by atoms with Crippen molar-refractivity contribution in [1.29, 1.82) is 0 Å². The number of benzene rings is 1. The molecular weight excluding hydrogens is 234 g/mol. The van der Waals surface area contributed by atoms with Gasteiger partial charge in [0.2, 0.25) is 0 Å². The Bertz CT molecular complexity index is 443. The molecule has 18 heavy (non-hydrogen) atoms. The predicted molar refractivity (Wildman–Crippen MR) is 68.2 cm³/mol. The summed E-state index contributed by atoms with van der Waals surface area (Å²) in [5, 5.41) is 9.10. The summed E-state index contributed by atoms with van der Waals surface area (Å²) in [7, 11) is 2.98. The molecule has 1 aromatic carbocycles. The summed E-state index contributed by atoms with van der Waals surface area (Å²) >= 11 is 0. The van der Waals surface area contributed by atoms with E-state index in [4.69, 9.17) is 20.3 Å². The molecular formula is C13H19NO4. The van der Waals surface area contributed by atoms with Gasteiger partial charge in [-0.3, -0.25) is 4.79 Å². The lowest BCUT2D eigenvalue weighted by Crippen LogP contribution is -2.23. The molecule has 0 bridgehead atoms. The second-order valence-corrected chi connectivity index (χ2v) is 4.27. The monoisotopic (exact) mass is 253 g/mol. The van der Waals surface area contributed by atoms with Crippen molar-refractivity contribution >= 4 is 5.97 Å². The summed E-state index contributed by atoms with van der Waals surface area (Å²) in [4.78, 5) is 11.1. The number of carbonyl (C=O) groups is 1. The minimum Gasteiger partial charge on any atom is -0.493 e. The summed E-state index contributed by atoms with van der Waals surface area (Å²) in [6.07, 6.45) is 0. The average Bonchev–Trinajstić information content (AvgIpc) is 2.35. The van der Waals surface area contributed by atoms with Crippen LogP contribution < -0.4 is 15.2 Å². The average molecular weight is 253 g/mol. The molecule has 5 nitrogen and oxygen atoms in total. The Labute approximate surface area is 107 Å². The van der Waals surface area contributed by atoms with Gasteiger partial charge < -0.3 is 20.3 Å². The fraction of sp³-hybridized carbons (Fsp3) is 0.462. The minimum atomic E-state index is -1.13. The highest BCUT2D eigenvalue weighted by atomic mass is 16.5. The summed E-state index contributed by atoms with van der Waals surface area (Å²) in [5.74, 6) is -0.0825. The molecule has 5 heteroatoms. The molecule has 1 atom stereocenters. The maximum atomic E-state index is 11.1. The van der Waals surface area contributed by atoms with Crippen LogP contribution in [-0.4, -0.2) is 25.3 Å². The summed E-state index contributed by atoms with van der Waals surface area (Å²) in [6.45, 7) is 3.94. The molecule has 0 spiro atoms.